The molecule has 1 saturated carbocycles. The molecule has 0 bridgehead atoms. The van der Waals surface area contributed by atoms with E-state index in [2.05, 4.69) is 25.1 Å². The normalized spacial score (nSPS) is 18.2. The van der Waals surface area contributed by atoms with Crippen molar-refractivity contribution in [3.05, 3.63) is 64.4 Å². The third-order valence-corrected chi connectivity index (χ3v) is 8.47. The zero-order valence-electron chi connectivity index (χ0n) is 23.6. The van der Waals surface area contributed by atoms with Crippen molar-refractivity contribution < 1.29 is 14.7 Å². The summed E-state index contributed by atoms with van der Waals surface area (Å²) in [6.45, 7) is 4.02. The molecule has 15 heteroatoms. The van der Waals surface area contributed by atoms with Crippen LogP contribution >= 0.6 is 0 Å². The van der Waals surface area contributed by atoms with Crippen LogP contribution in [0.15, 0.2) is 41.7 Å². The van der Waals surface area contributed by atoms with E-state index in [0.29, 0.717) is 48.0 Å². The number of amides is 2. The quantitative estimate of drug-likeness (QED) is 0.286. The Balaban J connectivity index is 1.31. The molecule has 2 aliphatic rings. The Morgan fingerprint density at radius 3 is 2.70 bits per heavy atom. The lowest BCUT2D eigenvalue weighted by Gasteiger charge is -2.54. The molecule has 5 aromatic heterocycles. The predicted octanol–water partition coefficient (Wildman–Crippen LogP) is 0.551. The van der Waals surface area contributed by atoms with Crippen LogP contribution in [0.25, 0.3) is 22.7 Å². The van der Waals surface area contributed by atoms with Gasteiger partial charge in [-0.25, -0.2) is 14.5 Å². The van der Waals surface area contributed by atoms with Crippen molar-refractivity contribution in [2.45, 2.75) is 51.7 Å². The van der Waals surface area contributed by atoms with E-state index in [4.69, 9.17) is 5.73 Å². The first-order valence-electron chi connectivity index (χ1n) is 14.1. The van der Waals surface area contributed by atoms with Crippen LogP contribution in [0.5, 0.6) is 5.75 Å². The van der Waals surface area contributed by atoms with Crippen molar-refractivity contribution in [3.63, 3.8) is 0 Å². The Kier molecular flexibility index (Phi) is 6.11. The number of primary amides is 1. The molecule has 2 fully saturated rings. The highest BCUT2D eigenvalue weighted by Gasteiger charge is 2.47. The fourth-order valence-electron chi connectivity index (χ4n) is 6.27. The van der Waals surface area contributed by atoms with Gasteiger partial charge in [0, 0.05) is 37.1 Å². The standard InChI is InChI=1S/C28H29N11O4/c1-3-18-23(35-10-11-36(20-5-4-19(20)35)26(42)22-24(41)15(2)30-14-31-22)27(43)39-28(37(18)13-21(29)40)33-25(34-39)16-7-9-38-17(12-16)6-8-32-38/h6-9,12,14,19-20,41H,3-5,10-11,13H2,1-2H3,(H2,29,40)/t19-,20-/m1/s1. The molecule has 15 nitrogen and oxygen atoms in total. The summed E-state index contributed by atoms with van der Waals surface area (Å²) in [6.07, 6.45) is 6.67. The number of hydrogen-bond acceptors (Lipinski definition) is 10. The number of aromatic nitrogens is 8. The maximum Gasteiger partial charge on any atom is 0.299 e. The summed E-state index contributed by atoms with van der Waals surface area (Å²) < 4.78 is 4.62. The fraction of sp³-hybridized carbons (Fsp3) is 0.357. The van der Waals surface area contributed by atoms with Gasteiger partial charge in [-0.05, 0) is 44.4 Å². The average Bonchev–Trinajstić information content (AvgIpc) is 3.63. The second kappa shape index (κ2) is 9.89. The van der Waals surface area contributed by atoms with Gasteiger partial charge in [-0.3, -0.25) is 14.4 Å². The van der Waals surface area contributed by atoms with Gasteiger partial charge in [-0.2, -0.15) is 14.6 Å². The van der Waals surface area contributed by atoms with Crippen LogP contribution in [-0.2, 0) is 17.8 Å². The first-order chi connectivity index (χ1) is 20.8. The molecule has 1 aliphatic carbocycles. The molecule has 0 aromatic carbocycles. The number of piperazine rings is 1. The van der Waals surface area contributed by atoms with Crippen LogP contribution in [0, 0.1) is 6.92 Å². The molecule has 7 rings (SSSR count). The van der Waals surface area contributed by atoms with Gasteiger partial charge in [-0.15, -0.1) is 5.10 Å². The summed E-state index contributed by atoms with van der Waals surface area (Å²) in [5.41, 5.74) is 8.18. The van der Waals surface area contributed by atoms with Gasteiger partial charge >= 0.3 is 0 Å². The highest BCUT2D eigenvalue weighted by atomic mass is 16.3. The van der Waals surface area contributed by atoms with Crippen molar-refractivity contribution in [1.82, 2.24) is 43.6 Å². The fourth-order valence-corrected chi connectivity index (χ4v) is 6.27. The molecule has 0 unspecified atom stereocenters. The Morgan fingerprint density at radius 2 is 1.95 bits per heavy atom. The van der Waals surface area contributed by atoms with E-state index in [-0.39, 0.29) is 47.3 Å². The lowest BCUT2D eigenvalue weighted by Crippen LogP contribution is -2.67. The second-order valence-electron chi connectivity index (χ2n) is 10.8. The van der Waals surface area contributed by atoms with Gasteiger partial charge in [0.25, 0.3) is 11.5 Å². The number of pyridine rings is 1. The third-order valence-electron chi connectivity index (χ3n) is 8.47. The van der Waals surface area contributed by atoms with Gasteiger partial charge in [0.2, 0.25) is 11.7 Å². The molecule has 43 heavy (non-hydrogen) atoms. The first kappa shape index (κ1) is 26.6. The lowest BCUT2D eigenvalue weighted by atomic mass is 9.81. The van der Waals surface area contributed by atoms with Crippen LogP contribution in [0.2, 0.25) is 0 Å². The van der Waals surface area contributed by atoms with E-state index in [0.717, 1.165) is 18.4 Å². The lowest BCUT2D eigenvalue weighted by molar-refractivity contribution is -0.118. The van der Waals surface area contributed by atoms with E-state index >= 15 is 0 Å². The van der Waals surface area contributed by atoms with Crippen LogP contribution in [0.3, 0.4) is 0 Å². The van der Waals surface area contributed by atoms with Crippen LogP contribution in [0.4, 0.5) is 5.69 Å². The van der Waals surface area contributed by atoms with Crippen LogP contribution in [-0.4, -0.2) is 85.7 Å². The van der Waals surface area contributed by atoms with Crippen molar-refractivity contribution in [3.8, 4) is 17.1 Å². The van der Waals surface area contributed by atoms with Crippen LogP contribution in [0.1, 0.15) is 41.6 Å². The number of fused-ring (bicyclic) bond motifs is 3. The molecule has 2 atom stereocenters. The minimum atomic E-state index is -0.576. The molecule has 1 saturated heterocycles. The Labute approximate surface area is 244 Å². The minimum absolute atomic E-state index is 0.0321. The van der Waals surface area contributed by atoms with Gasteiger partial charge in [-0.1, -0.05) is 6.92 Å². The summed E-state index contributed by atoms with van der Waals surface area (Å²) in [5.74, 6) is -0.622. The maximum absolute atomic E-state index is 14.2. The minimum Gasteiger partial charge on any atom is -0.504 e. The van der Waals surface area contributed by atoms with Crippen LogP contribution < -0.4 is 16.2 Å². The van der Waals surface area contributed by atoms with E-state index in [1.807, 2.05) is 30.0 Å². The van der Waals surface area contributed by atoms with Crippen molar-refractivity contribution in [1.29, 1.82) is 0 Å². The van der Waals surface area contributed by atoms with E-state index < -0.39 is 5.91 Å². The third kappa shape index (κ3) is 4.10. The SMILES string of the molecule is CCc1c(N2CCN(C(=O)c3ncnc(C)c3O)[C@@H]3CC[C@H]32)c(=O)n2nc(-c3ccn4nccc4c3)nc2n1CC(N)=O. The van der Waals surface area contributed by atoms with E-state index in [1.54, 1.807) is 33.3 Å². The zero-order chi connectivity index (χ0) is 30.0. The number of aryl methyl sites for hydroxylation is 1. The number of anilines is 1. The van der Waals surface area contributed by atoms with Gasteiger partial charge in [0.05, 0.1) is 22.9 Å². The number of rotatable bonds is 6. The largest absolute Gasteiger partial charge is 0.504 e. The van der Waals surface area contributed by atoms with Crippen molar-refractivity contribution >= 4 is 28.8 Å². The smallest absolute Gasteiger partial charge is 0.299 e. The molecule has 1 aliphatic heterocycles. The summed E-state index contributed by atoms with van der Waals surface area (Å²) >= 11 is 0. The molecule has 2 amide bonds. The molecule has 5 aromatic rings. The predicted molar refractivity (Wildman–Crippen MR) is 154 cm³/mol. The van der Waals surface area contributed by atoms with Gasteiger partial charge in [0.15, 0.2) is 17.3 Å². The molecule has 0 radical (unpaired) electrons. The van der Waals surface area contributed by atoms with Gasteiger partial charge < -0.3 is 25.2 Å². The van der Waals surface area contributed by atoms with Gasteiger partial charge in [0.1, 0.15) is 18.6 Å². The first-order valence-corrected chi connectivity index (χ1v) is 14.1. The summed E-state index contributed by atoms with van der Waals surface area (Å²) in [5, 5.41) is 19.3. The Hall–Kier alpha value is -5.34. The maximum atomic E-state index is 14.2. The summed E-state index contributed by atoms with van der Waals surface area (Å²) in [6, 6.07) is 5.21. The molecule has 3 N–H and O–H groups in total. The Morgan fingerprint density at radius 1 is 1.14 bits per heavy atom. The number of aromatic hydroxyl groups is 1. The molecule has 0 spiro atoms. The van der Waals surface area contributed by atoms with E-state index in [1.165, 1.54) is 10.8 Å². The number of carbonyl (C=O) groups excluding carboxylic acids is 2. The topological polar surface area (TPSA) is 182 Å². The molecule has 6 heterocycles. The summed E-state index contributed by atoms with van der Waals surface area (Å²) in [7, 11) is 0. The molecular weight excluding hydrogens is 554 g/mol. The average molecular weight is 584 g/mol. The molecular formula is C28H29N11O4. The highest BCUT2D eigenvalue weighted by molar-refractivity contribution is 5.95. The monoisotopic (exact) mass is 583 g/mol. The van der Waals surface area contributed by atoms with E-state index in [9.17, 15) is 19.5 Å². The summed E-state index contributed by atoms with van der Waals surface area (Å²) in [4.78, 5) is 56.3. The highest BCUT2D eigenvalue weighted by Crippen LogP contribution is 2.38. The zero-order valence-corrected chi connectivity index (χ0v) is 23.6. The van der Waals surface area contributed by atoms with Crippen molar-refractivity contribution in [2.75, 3.05) is 18.0 Å². The number of nitrogens with two attached hydrogens (primary N) is 1. The second-order valence-corrected chi connectivity index (χ2v) is 10.8. The number of nitrogens with zero attached hydrogens (tertiary/aromatic N) is 10. The molecule has 220 valence electrons. The Bertz CT molecular complexity index is 1990. The number of hydrogen-bond donors (Lipinski definition) is 2. The van der Waals surface area contributed by atoms with Crippen molar-refractivity contribution in [2.24, 2.45) is 5.73 Å². The number of carbonyl (C=O) groups is 2.